The molecule has 1 unspecified atom stereocenters. The third-order valence-corrected chi connectivity index (χ3v) is 3.62. The van der Waals surface area contributed by atoms with Crippen molar-refractivity contribution >= 4 is 21.6 Å². The zero-order valence-electron chi connectivity index (χ0n) is 10.1. The van der Waals surface area contributed by atoms with Crippen LogP contribution in [0.15, 0.2) is 41.1 Å². The lowest BCUT2D eigenvalue weighted by atomic mass is 9.99. The van der Waals surface area contributed by atoms with E-state index in [0.717, 1.165) is 15.6 Å². The molecule has 19 heavy (non-hydrogen) atoms. The molecule has 6 heteroatoms. The molecule has 2 aromatic rings. The molecule has 0 fully saturated rings. The van der Waals surface area contributed by atoms with Gasteiger partial charge >= 0.3 is 0 Å². The summed E-state index contributed by atoms with van der Waals surface area (Å²) >= 11 is 3.39. The van der Waals surface area contributed by atoms with E-state index in [1.807, 2.05) is 0 Å². The van der Waals surface area contributed by atoms with Crippen molar-refractivity contribution in [2.75, 3.05) is 5.73 Å². The number of pyridine rings is 1. The van der Waals surface area contributed by atoms with E-state index in [0.29, 0.717) is 12.1 Å². The van der Waals surface area contributed by atoms with Crippen LogP contribution in [0.25, 0.3) is 0 Å². The van der Waals surface area contributed by atoms with Gasteiger partial charge in [0.1, 0.15) is 5.82 Å². The Morgan fingerprint density at radius 3 is 2.84 bits per heavy atom. The fourth-order valence-electron chi connectivity index (χ4n) is 1.87. The maximum atomic E-state index is 13.3. The lowest BCUT2D eigenvalue weighted by Crippen LogP contribution is -2.30. The third kappa shape index (κ3) is 3.28. The predicted molar refractivity (Wildman–Crippen MR) is 76.5 cm³/mol. The molecule has 0 amide bonds. The Bertz CT molecular complexity index is 576. The van der Waals surface area contributed by atoms with Crippen LogP contribution in [0.1, 0.15) is 17.2 Å². The van der Waals surface area contributed by atoms with Crippen molar-refractivity contribution in [1.82, 2.24) is 10.4 Å². The van der Waals surface area contributed by atoms with E-state index in [-0.39, 0.29) is 11.9 Å². The van der Waals surface area contributed by atoms with Crippen LogP contribution in [0.5, 0.6) is 0 Å². The second-order valence-corrected chi connectivity index (χ2v) is 5.02. The number of nitrogens with zero attached hydrogens (tertiary/aromatic N) is 1. The Morgan fingerprint density at radius 2 is 2.16 bits per heavy atom. The molecule has 5 N–H and O–H groups in total. The van der Waals surface area contributed by atoms with Crippen molar-refractivity contribution < 1.29 is 4.39 Å². The molecule has 0 bridgehead atoms. The van der Waals surface area contributed by atoms with Crippen LogP contribution in [-0.2, 0) is 6.42 Å². The van der Waals surface area contributed by atoms with Crippen molar-refractivity contribution in [1.29, 1.82) is 0 Å². The average molecular weight is 325 g/mol. The van der Waals surface area contributed by atoms with Gasteiger partial charge in [-0.15, -0.1) is 0 Å². The lowest BCUT2D eigenvalue weighted by Gasteiger charge is -2.18. The van der Waals surface area contributed by atoms with Gasteiger partial charge in [-0.3, -0.25) is 16.3 Å². The summed E-state index contributed by atoms with van der Waals surface area (Å²) in [5, 5.41) is 0. The van der Waals surface area contributed by atoms with Crippen molar-refractivity contribution in [3.05, 3.63) is 58.1 Å². The van der Waals surface area contributed by atoms with Gasteiger partial charge in [-0.2, -0.15) is 0 Å². The summed E-state index contributed by atoms with van der Waals surface area (Å²) in [4.78, 5) is 4.03. The van der Waals surface area contributed by atoms with Crippen molar-refractivity contribution in [2.45, 2.75) is 12.5 Å². The van der Waals surface area contributed by atoms with Crippen LogP contribution in [0, 0.1) is 5.82 Å². The minimum Gasteiger partial charge on any atom is -0.398 e. The monoisotopic (exact) mass is 324 g/mol. The zero-order valence-corrected chi connectivity index (χ0v) is 11.7. The van der Waals surface area contributed by atoms with Gasteiger partial charge < -0.3 is 5.73 Å². The molecule has 0 aliphatic rings. The van der Waals surface area contributed by atoms with Gasteiger partial charge in [-0.05, 0) is 41.8 Å². The number of hydrogen-bond acceptors (Lipinski definition) is 4. The largest absolute Gasteiger partial charge is 0.398 e. The minimum atomic E-state index is -0.308. The predicted octanol–water partition coefficient (Wildman–Crippen LogP) is 2.31. The number of nitrogen functional groups attached to an aromatic ring is 1. The zero-order chi connectivity index (χ0) is 13.8. The third-order valence-electron chi connectivity index (χ3n) is 2.90. The standard InChI is InChI=1S/C13H14BrFN4/c14-11-2-1-9(15)6-10(11)13(19-17)5-8-7-18-4-3-12(8)16/h1-4,6-7,13,19H,5,17H2,(H2,16,18). The number of benzene rings is 1. The maximum Gasteiger partial charge on any atom is 0.123 e. The SMILES string of the molecule is NNC(Cc1cnccc1N)c1cc(F)ccc1Br. The van der Waals surface area contributed by atoms with Gasteiger partial charge in [0.15, 0.2) is 0 Å². The number of aromatic nitrogens is 1. The van der Waals surface area contributed by atoms with Gasteiger partial charge in [-0.1, -0.05) is 15.9 Å². The van der Waals surface area contributed by atoms with E-state index in [1.165, 1.54) is 12.1 Å². The topological polar surface area (TPSA) is 77.0 Å². The highest BCUT2D eigenvalue weighted by molar-refractivity contribution is 9.10. The first kappa shape index (κ1) is 13.9. The van der Waals surface area contributed by atoms with Gasteiger partial charge in [-0.25, -0.2) is 4.39 Å². The van der Waals surface area contributed by atoms with E-state index < -0.39 is 0 Å². The molecule has 0 aliphatic heterocycles. The van der Waals surface area contributed by atoms with Crippen LogP contribution in [0.4, 0.5) is 10.1 Å². The number of rotatable bonds is 4. The summed E-state index contributed by atoms with van der Waals surface area (Å²) in [5.41, 5.74) is 10.8. The Hall–Kier alpha value is -1.50. The normalized spacial score (nSPS) is 12.4. The molecule has 0 saturated carbocycles. The molecule has 0 spiro atoms. The van der Waals surface area contributed by atoms with Gasteiger partial charge in [0.2, 0.25) is 0 Å². The molecule has 100 valence electrons. The first-order valence-electron chi connectivity index (χ1n) is 5.71. The number of anilines is 1. The number of hydrazine groups is 1. The van der Waals surface area contributed by atoms with Gasteiger partial charge in [0.05, 0.1) is 6.04 Å². The second-order valence-electron chi connectivity index (χ2n) is 4.16. The molecular formula is C13H14BrFN4. The molecule has 1 aromatic heterocycles. The highest BCUT2D eigenvalue weighted by Gasteiger charge is 2.16. The van der Waals surface area contributed by atoms with Crippen molar-refractivity contribution in [2.24, 2.45) is 5.84 Å². The van der Waals surface area contributed by atoms with E-state index in [4.69, 9.17) is 11.6 Å². The summed E-state index contributed by atoms with van der Waals surface area (Å²) in [6.07, 6.45) is 3.84. The number of nitrogens with two attached hydrogens (primary N) is 2. The van der Waals surface area contributed by atoms with Crippen LogP contribution < -0.4 is 17.0 Å². The number of hydrogen-bond donors (Lipinski definition) is 3. The molecule has 1 aromatic carbocycles. The second kappa shape index (κ2) is 6.10. The summed E-state index contributed by atoms with van der Waals surface area (Å²) in [7, 11) is 0. The van der Waals surface area contributed by atoms with Crippen molar-refractivity contribution in [3.63, 3.8) is 0 Å². The maximum absolute atomic E-state index is 13.3. The van der Waals surface area contributed by atoms with E-state index in [1.54, 1.807) is 24.5 Å². The van der Waals surface area contributed by atoms with Crippen molar-refractivity contribution in [3.8, 4) is 0 Å². The molecule has 0 aliphatic carbocycles. The Kier molecular flexibility index (Phi) is 4.47. The fourth-order valence-corrected chi connectivity index (χ4v) is 2.39. The highest BCUT2D eigenvalue weighted by atomic mass is 79.9. The van der Waals surface area contributed by atoms with E-state index in [2.05, 4.69) is 26.3 Å². The van der Waals surface area contributed by atoms with E-state index in [9.17, 15) is 4.39 Å². The fraction of sp³-hybridized carbons (Fsp3) is 0.154. The number of halogens is 2. The summed E-state index contributed by atoms with van der Waals surface area (Å²) in [5.74, 6) is 5.26. The summed E-state index contributed by atoms with van der Waals surface area (Å²) in [6.45, 7) is 0. The Labute approximate surface area is 119 Å². The van der Waals surface area contributed by atoms with Gasteiger partial charge in [0, 0.05) is 22.6 Å². The molecule has 4 nitrogen and oxygen atoms in total. The van der Waals surface area contributed by atoms with Crippen LogP contribution >= 0.6 is 15.9 Å². The summed E-state index contributed by atoms with van der Waals surface area (Å²) in [6, 6.07) is 5.96. The van der Waals surface area contributed by atoms with Gasteiger partial charge in [0.25, 0.3) is 0 Å². The van der Waals surface area contributed by atoms with E-state index >= 15 is 0 Å². The quantitative estimate of drug-likeness (QED) is 0.595. The smallest absolute Gasteiger partial charge is 0.123 e. The molecule has 2 rings (SSSR count). The first-order valence-corrected chi connectivity index (χ1v) is 6.50. The average Bonchev–Trinajstić information content (AvgIpc) is 2.41. The minimum absolute atomic E-state index is 0.253. The van der Waals surface area contributed by atoms with Crippen LogP contribution in [0.2, 0.25) is 0 Å². The molecule has 0 saturated heterocycles. The molecule has 1 atom stereocenters. The van der Waals surface area contributed by atoms with Crippen LogP contribution in [-0.4, -0.2) is 4.98 Å². The highest BCUT2D eigenvalue weighted by Crippen LogP contribution is 2.27. The Balaban J connectivity index is 2.30. The van der Waals surface area contributed by atoms with Crippen LogP contribution in [0.3, 0.4) is 0 Å². The molecular weight excluding hydrogens is 311 g/mol. The molecule has 1 heterocycles. The molecule has 0 radical (unpaired) electrons. The number of nitrogens with one attached hydrogen (secondary N) is 1. The Morgan fingerprint density at radius 1 is 1.37 bits per heavy atom. The first-order chi connectivity index (χ1) is 9.11. The summed E-state index contributed by atoms with van der Waals surface area (Å²) < 4.78 is 14.1. The lowest BCUT2D eigenvalue weighted by molar-refractivity contribution is 0.542.